The monoisotopic (exact) mass is 409 g/mol. The Morgan fingerprint density at radius 2 is 1.81 bits per heavy atom. The summed E-state index contributed by atoms with van der Waals surface area (Å²) < 4.78 is 27.2. The molecule has 1 saturated heterocycles. The van der Waals surface area contributed by atoms with Crippen molar-refractivity contribution in [1.82, 2.24) is 10.2 Å². The van der Waals surface area contributed by atoms with Gasteiger partial charge in [-0.3, -0.25) is 9.10 Å². The average Bonchev–Trinajstić information content (AvgIpc) is 2.86. The Bertz CT molecular complexity index is 951. The number of rotatable bonds is 4. The van der Waals surface area contributed by atoms with Gasteiger partial charge >= 0.3 is 0 Å². The van der Waals surface area contributed by atoms with Crippen LogP contribution in [0, 0.1) is 5.92 Å². The van der Waals surface area contributed by atoms with Gasteiger partial charge in [0.1, 0.15) is 6.54 Å². The number of nitrogens with zero attached hydrogens (tertiary/aromatic N) is 2. The quantitative estimate of drug-likeness (QED) is 0.840. The van der Waals surface area contributed by atoms with Crippen molar-refractivity contribution in [2.75, 3.05) is 37.5 Å². The first-order valence-corrected chi connectivity index (χ1v) is 10.4. The zero-order valence-corrected chi connectivity index (χ0v) is 16.9. The third kappa shape index (κ3) is 3.39. The first-order chi connectivity index (χ1) is 12.5. The molecule has 0 aromatic heterocycles. The topological polar surface area (TPSA) is 69.7 Å². The maximum Gasteiger partial charge on any atom is 0.265 e. The molecule has 0 bridgehead atoms. The molecule has 2 aliphatic heterocycles. The lowest BCUT2D eigenvalue weighted by Crippen LogP contribution is -2.45. The van der Waals surface area contributed by atoms with E-state index >= 15 is 0 Å². The van der Waals surface area contributed by atoms with E-state index in [9.17, 15) is 13.2 Å². The highest BCUT2D eigenvalue weighted by molar-refractivity contribution is 7.93. The molecule has 1 fully saturated rings. The third-order valence-electron chi connectivity index (χ3n) is 5.42. The highest BCUT2D eigenvalue weighted by Crippen LogP contribution is 2.41. The van der Waals surface area contributed by atoms with Gasteiger partial charge in [-0.2, -0.15) is 0 Å². The van der Waals surface area contributed by atoms with Gasteiger partial charge in [-0.1, -0.05) is 24.3 Å². The molecule has 1 amide bonds. The van der Waals surface area contributed by atoms with Crippen LogP contribution < -0.4 is 9.62 Å². The van der Waals surface area contributed by atoms with Crippen LogP contribution in [-0.4, -0.2) is 52.5 Å². The van der Waals surface area contributed by atoms with Crippen LogP contribution >= 0.6 is 12.4 Å². The van der Waals surface area contributed by atoms with Crippen molar-refractivity contribution in [2.45, 2.75) is 17.7 Å². The molecule has 0 radical (unpaired) electrons. The zero-order chi connectivity index (χ0) is 18.3. The average molecular weight is 410 g/mol. The zero-order valence-electron chi connectivity index (χ0n) is 15.2. The number of hydrogen-bond donors (Lipinski definition) is 1. The SMILES string of the molecule is CNCC1CCN(C(=O)CN2c3cccc4cccc(c34)S2(=O)=O)CC1.Cl. The van der Waals surface area contributed by atoms with E-state index in [4.69, 9.17) is 0 Å². The Kier molecular flexibility index (Phi) is 5.65. The number of amides is 1. The smallest absolute Gasteiger partial charge is 0.265 e. The van der Waals surface area contributed by atoms with Crippen LogP contribution in [0.1, 0.15) is 12.8 Å². The minimum Gasteiger partial charge on any atom is -0.341 e. The van der Waals surface area contributed by atoms with Crippen molar-refractivity contribution in [2.24, 2.45) is 5.92 Å². The molecular weight excluding hydrogens is 386 g/mol. The second-order valence-corrected chi connectivity index (χ2v) is 8.86. The standard InChI is InChI=1S/C19H23N3O3S.ClH/c1-20-12-14-8-10-21(11-9-14)18(23)13-22-16-6-2-4-15-5-3-7-17(19(15)16)26(22,24)25;/h2-7,14,20H,8-13H2,1H3;1H. The van der Waals surface area contributed by atoms with Gasteiger partial charge in [-0.05, 0) is 49.9 Å². The molecule has 2 aromatic carbocycles. The van der Waals surface area contributed by atoms with E-state index in [1.165, 1.54) is 4.31 Å². The fraction of sp³-hybridized carbons (Fsp3) is 0.421. The Morgan fingerprint density at radius 1 is 1.15 bits per heavy atom. The largest absolute Gasteiger partial charge is 0.341 e. The molecule has 2 heterocycles. The number of likely N-dealkylation sites (tertiary alicyclic amines) is 1. The Balaban J connectivity index is 0.00000210. The van der Waals surface area contributed by atoms with Gasteiger partial charge in [-0.15, -0.1) is 12.4 Å². The lowest BCUT2D eigenvalue weighted by molar-refractivity contribution is -0.130. The summed E-state index contributed by atoms with van der Waals surface area (Å²) in [6.07, 6.45) is 1.91. The molecule has 146 valence electrons. The maximum atomic E-state index is 13.0. The van der Waals surface area contributed by atoms with E-state index in [-0.39, 0.29) is 24.9 Å². The molecule has 2 aromatic rings. The van der Waals surface area contributed by atoms with Gasteiger partial charge in [0.15, 0.2) is 0 Å². The van der Waals surface area contributed by atoms with Crippen LogP contribution in [-0.2, 0) is 14.8 Å². The van der Waals surface area contributed by atoms with E-state index in [2.05, 4.69) is 5.32 Å². The van der Waals surface area contributed by atoms with E-state index in [0.717, 1.165) is 30.2 Å². The number of anilines is 1. The fourth-order valence-corrected chi connectivity index (χ4v) is 5.69. The number of carbonyl (C=O) groups excluding carboxylic acids is 1. The Labute approximate surface area is 166 Å². The van der Waals surface area contributed by atoms with Gasteiger partial charge < -0.3 is 10.2 Å². The normalized spacial score (nSPS) is 18.6. The molecule has 0 unspecified atom stereocenters. The summed E-state index contributed by atoms with van der Waals surface area (Å²) in [6.45, 7) is 2.21. The highest BCUT2D eigenvalue weighted by atomic mass is 35.5. The predicted octanol–water partition coefficient (Wildman–Crippen LogP) is 2.23. The van der Waals surface area contributed by atoms with Crippen molar-refractivity contribution in [3.63, 3.8) is 0 Å². The van der Waals surface area contributed by atoms with Crippen LogP contribution in [0.5, 0.6) is 0 Å². The number of nitrogens with one attached hydrogen (secondary N) is 1. The number of benzene rings is 2. The minimum absolute atomic E-state index is 0. The first-order valence-electron chi connectivity index (χ1n) is 8.99. The fourth-order valence-electron chi connectivity index (χ4n) is 4.03. The number of sulfonamides is 1. The molecular formula is C19H24ClN3O3S. The van der Waals surface area contributed by atoms with Gasteiger partial charge in [-0.25, -0.2) is 8.42 Å². The van der Waals surface area contributed by atoms with Gasteiger partial charge in [0.05, 0.1) is 10.6 Å². The van der Waals surface area contributed by atoms with Crippen molar-refractivity contribution >= 4 is 44.8 Å². The van der Waals surface area contributed by atoms with E-state index in [1.807, 2.05) is 25.2 Å². The summed E-state index contributed by atoms with van der Waals surface area (Å²) in [6, 6.07) is 10.8. The second-order valence-electron chi connectivity index (χ2n) is 7.02. The summed E-state index contributed by atoms with van der Waals surface area (Å²) >= 11 is 0. The van der Waals surface area contributed by atoms with Crippen LogP contribution in [0.3, 0.4) is 0 Å². The molecule has 2 aliphatic rings. The summed E-state index contributed by atoms with van der Waals surface area (Å²) in [5.74, 6) is 0.457. The third-order valence-corrected chi connectivity index (χ3v) is 7.22. The van der Waals surface area contributed by atoms with Crippen molar-refractivity contribution < 1.29 is 13.2 Å². The molecule has 0 spiro atoms. The second kappa shape index (κ2) is 7.66. The van der Waals surface area contributed by atoms with Crippen LogP contribution in [0.15, 0.2) is 41.3 Å². The van der Waals surface area contributed by atoms with Crippen LogP contribution in [0.2, 0.25) is 0 Å². The number of hydrogen-bond acceptors (Lipinski definition) is 4. The molecule has 0 aliphatic carbocycles. The van der Waals surface area contributed by atoms with E-state index < -0.39 is 10.0 Å². The Hall–Kier alpha value is -1.83. The first kappa shape index (κ1) is 19.9. The lowest BCUT2D eigenvalue weighted by Gasteiger charge is -2.33. The summed E-state index contributed by atoms with van der Waals surface area (Å²) in [5, 5.41) is 4.78. The molecule has 0 saturated carbocycles. The number of carbonyl (C=O) groups is 1. The number of halogens is 1. The lowest BCUT2D eigenvalue weighted by atomic mass is 9.97. The molecule has 6 nitrogen and oxygen atoms in total. The number of piperidine rings is 1. The van der Waals surface area contributed by atoms with Gasteiger partial charge in [0.25, 0.3) is 10.0 Å². The Morgan fingerprint density at radius 3 is 2.48 bits per heavy atom. The molecule has 8 heteroatoms. The molecule has 1 N–H and O–H groups in total. The maximum absolute atomic E-state index is 13.0. The van der Waals surface area contributed by atoms with Crippen LogP contribution in [0.4, 0.5) is 5.69 Å². The summed E-state index contributed by atoms with van der Waals surface area (Å²) in [7, 11) is -1.74. The van der Waals surface area contributed by atoms with Crippen molar-refractivity contribution in [1.29, 1.82) is 0 Å². The summed E-state index contributed by atoms with van der Waals surface area (Å²) in [4.78, 5) is 14.9. The van der Waals surface area contributed by atoms with Gasteiger partial charge in [0.2, 0.25) is 5.91 Å². The predicted molar refractivity (Wildman–Crippen MR) is 109 cm³/mol. The van der Waals surface area contributed by atoms with E-state index in [0.29, 0.717) is 29.6 Å². The van der Waals surface area contributed by atoms with Crippen molar-refractivity contribution in [3.05, 3.63) is 36.4 Å². The molecule has 4 rings (SSSR count). The highest BCUT2D eigenvalue weighted by Gasteiger charge is 2.37. The molecule has 27 heavy (non-hydrogen) atoms. The molecule has 0 atom stereocenters. The van der Waals surface area contributed by atoms with Gasteiger partial charge in [0, 0.05) is 18.5 Å². The van der Waals surface area contributed by atoms with Crippen LogP contribution in [0.25, 0.3) is 10.8 Å². The van der Waals surface area contributed by atoms with Crippen molar-refractivity contribution in [3.8, 4) is 0 Å². The van der Waals surface area contributed by atoms with E-state index in [1.54, 1.807) is 23.1 Å². The summed E-state index contributed by atoms with van der Waals surface area (Å²) in [5.41, 5.74) is 0.608. The minimum atomic E-state index is -3.68.